The van der Waals surface area contributed by atoms with Gasteiger partial charge >= 0.3 is 0 Å². The molecule has 0 aromatic carbocycles. The zero-order valence-electron chi connectivity index (χ0n) is 13.5. The molecule has 0 bridgehead atoms. The van der Waals surface area contributed by atoms with E-state index in [9.17, 15) is 4.79 Å². The van der Waals surface area contributed by atoms with Gasteiger partial charge in [0.25, 0.3) is 0 Å². The lowest BCUT2D eigenvalue weighted by Gasteiger charge is -2.36. The van der Waals surface area contributed by atoms with Gasteiger partial charge in [-0.05, 0) is 44.2 Å². The molecule has 1 saturated carbocycles. The summed E-state index contributed by atoms with van der Waals surface area (Å²) in [5.74, 6) is 0.801. The molecule has 0 aromatic rings. The second-order valence-corrected chi connectivity index (χ2v) is 7.04. The van der Waals surface area contributed by atoms with Crippen LogP contribution in [0.4, 0.5) is 0 Å². The lowest BCUT2D eigenvalue weighted by atomic mass is 9.71. The second kappa shape index (κ2) is 8.04. The summed E-state index contributed by atoms with van der Waals surface area (Å²) < 4.78 is 0. The Morgan fingerprint density at radius 3 is 2.26 bits per heavy atom. The molecule has 0 radical (unpaired) electrons. The molecule has 19 heavy (non-hydrogen) atoms. The van der Waals surface area contributed by atoms with Crippen molar-refractivity contribution in [3.63, 3.8) is 0 Å². The maximum Gasteiger partial charge on any atom is 0.137 e. The van der Waals surface area contributed by atoms with Gasteiger partial charge in [-0.1, -0.05) is 40.5 Å². The van der Waals surface area contributed by atoms with Crippen molar-refractivity contribution in [2.75, 3.05) is 19.6 Å². The first kappa shape index (κ1) is 16.7. The van der Waals surface area contributed by atoms with E-state index >= 15 is 0 Å². The number of rotatable bonds is 8. The van der Waals surface area contributed by atoms with Crippen LogP contribution in [0.1, 0.15) is 72.6 Å². The predicted molar refractivity (Wildman–Crippen MR) is 82.4 cm³/mol. The highest BCUT2D eigenvalue weighted by molar-refractivity contribution is 5.82. The average Bonchev–Trinajstić information content (AvgIpc) is 2.36. The highest BCUT2D eigenvalue weighted by Crippen LogP contribution is 2.37. The molecule has 0 amide bonds. The van der Waals surface area contributed by atoms with E-state index in [2.05, 4.69) is 32.6 Å². The molecule has 112 valence electrons. The van der Waals surface area contributed by atoms with Crippen molar-refractivity contribution in [2.24, 2.45) is 11.3 Å². The fourth-order valence-corrected chi connectivity index (χ4v) is 3.08. The van der Waals surface area contributed by atoms with Gasteiger partial charge in [0.15, 0.2) is 0 Å². The Morgan fingerprint density at radius 1 is 1.16 bits per heavy atom. The van der Waals surface area contributed by atoms with E-state index in [1.807, 2.05) is 0 Å². The quantitative estimate of drug-likeness (QED) is 0.654. The van der Waals surface area contributed by atoms with Crippen LogP contribution in [0.5, 0.6) is 0 Å². The SMILES string of the molecule is CCCCN(CCCC)CC1CC(C)(C)CCC1=O. The first-order valence-electron chi connectivity index (χ1n) is 8.23. The summed E-state index contributed by atoms with van der Waals surface area (Å²) in [4.78, 5) is 14.7. The molecule has 2 heteroatoms. The number of carbonyl (C=O) groups is 1. The van der Waals surface area contributed by atoms with E-state index in [-0.39, 0.29) is 5.92 Å². The number of hydrogen-bond donors (Lipinski definition) is 0. The fraction of sp³-hybridized carbons (Fsp3) is 0.941. The smallest absolute Gasteiger partial charge is 0.137 e. The highest BCUT2D eigenvalue weighted by atomic mass is 16.1. The van der Waals surface area contributed by atoms with Gasteiger partial charge in [0.1, 0.15) is 5.78 Å². The van der Waals surface area contributed by atoms with Gasteiger partial charge in [-0.3, -0.25) is 4.79 Å². The summed E-state index contributed by atoms with van der Waals surface area (Å²) in [6.45, 7) is 12.5. The highest BCUT2D eigenvalue weighted by Gasteiger charge is 2.34. The van der Waals surface area contributed by atoms with Crippen LogP contribution < -0.4 is 0 Å². The lowest BCUT2D eigenvalue weighted by molar-refractivity contribution is -0.127. The molecule has 0 N–H and O–H groups in total. The number of hydrogen-bond acceptors (Lipinski definition) is 2. The number of carbonyl (C=O) groups excluding carboxylic acids is 1. The molecule has 0 heterocycles. The van der Waals surface area contributed by atoms with Crippen LogP contribution in [-0.4, -0.2) is 30.3 Å². The van der Waals surface area contributed by atoms with Crippen LogP contribution in [0.3, 0.4) is 0 Å². The van der Waals surface area contributed by atoms with Crippen LogP contribution in [-0.2, 0) is 4.79 Å². The number of unbranched alkanes of at least 4 members (excludes halogenated alkanes) is 2. The van der Waals surface area contributed by atoms with Crippen LogP contribution in [0, 0.1) is 11.3 Å². The summed E-state index contributed by atoms with van der Waals surface area (Å²) in [7, 11) is 0. The fourth-order valence-electron chi connectivity index (χ4n) is 3.08. The zero-order valence-corrected chi connectivity index (χ0v) is 13.5. The molecule has 1 aliphatic rings. The maximum atomic E-state index is 12.1. The molecule has 0 aromatic heterocycles. The summed E-state index contributed by atoms with van der Waals surface area (Å²) in [6.07, 6.45) is 7.96. The topological polar surface area (TPSA) is 20.3 Å². The average molecular weight is 267 g/mol. The van der Waals surface area contributed by atoms with E-state index in [1.54, 1.807) is 0 Å². The summed E-state index contributed by atoms with van der Waals surface area (Å²) in [5.41, 5.74) is 0.361. The van der Waals surface area contributed by atoms with Crippen LogP contribution in [0.15, 0.2) is 0 Å². The van der Waals surface area contributed by atoms with Gasteiger partial charge < -0.3 is 4.90 Å². The normalized spacial score (nSPS) is 23.0. The Bertz CT molecular complexity index is 264. The molecule has 1 rings (SSSR count). The molecule has 0 aliphatic heterocycles. The third-order valence-electron chi connectivity index (χ3n) is 4.44. The van der Waals surface area contributed by atoms with Crippen molar-refractivity contribution in [3.8, 4) is 0 Å². The van der Waals surface area contributed by atoms with Crippen LogP contribution >= 0.6 is 0 Å². The minimum Gasteiger partial charge on any atom is -0.303 e. The first-order chi connectivity index (χ1) is 8.98. The van der Waals surface area contributed by atoms with Crippen molar-refractivity contribution in [2.45, 2.75) is 72.6 Å². The summed E-state index contributed by atoms with van der Waals surface area (Å²) in [5, 5.41) is 0. The minimum atomic E-state index is 0.289. The molecule has 1 atom stereocenters. The van der Waals surface area contributed by atoms with Gasteiger partial charge in [0, 0.05) is 18.9 Å². The third kappa shape index (κ3) is 6.07. The Kier molecular flexibility index (Phi) is 7.06. The van der Waals surface area contributed by atoms with Crippen molar-refractivity contribution in [1.29, 1.82) is 0 Å². The van der Waals surface area contributed by atoms with E-state index in [0.29, 0.717) is 11.2 Å². The van der Waals surface area contributed by atoms with E-state index < -0.39 is 0 Å². The Morgan fingerprint density at radius 2 is 1.74 bits per heavy atom. The van der Waals surface area contributed by atoms with Crippen LogP contribution in [0.25, 0.3) is 0 Å². The molecule has 0 saturated heterocycles. The van der Waals surface area contributed by atoms with E-state index in [4.69, 9.17) is 0 Å². The largest absolute Gasteiger partial charge is 0.303 e. The standard InChI is InChI=1S/C17H33NO/c1-5-7-11-18(12-8-6-2)14-15-13-17(3,4)10-9-16(15)19/h15H,5-14H2,1-4H3. The van der Waals surface area contributed by atoms with Crippen molar-refractivity contribution in [3.05, 3.63) is 0 Å². The molecular weight excluding hydrogens is 234 g/mol. The van der Waals surface area contributed by atoms with Gasteiger partial charge in [-0.25, -0.2) is 0 Å². The maximum absolute atomic E-state index is 12.1. The van der Waals surface area contributed by atoms with Gasteiger partial charge in [-0.2, -0.15) is 0 Å². The van der Waals surface area contributed by atoms with Crippen molar-refractivity contribution in [1.82, 2.24) is 4.90 Å². The van der Waals surface area contributed by atoms with Gasteiger partial charge in [0.05, 0.1) is 0 Å². The first-order valence-corrected chi connectivity index (χ1v) is 8.23. The molecule has 1 unspecified atom stereocenters. The minimum absolute atomic E-state index is 0.289. The molecular formula is C17H33NO. The monoisotopic (exact) mass is 267 g/mol. The van der Waals surface area contributed by atoms with Crippen molar-refractivity contribution >= 4 is 5.78 Å². The van der Waals surface area contributed by atoms with E-state index in [0.717, 1.165) is 25.8 Å². The Labute approximate surface area is 119 Å². The van der Waals surface area contributed by atoms with E-state index in [1.165, 1.54) is 38.8 Å². The Hall–Kier alpha value is -0.370. The number of nitrogens with zero attached hydrogens (tertiary/aromatic N) is 1. The van der Waals surface area contributed by atoms with Crippen LogP contribution in [0.2, 0.25) is 0 Å². The number of Topliss-reactive ketones (excluding diaryl/α,β-unsaturated/α-hetero) is 1. The third-order valence-corrected chi connectivity index (χ3v) is 4.44. The Balaban J connectivity index is 2.52. The second-order valence-electron chi connectivity index (χ2n) is 7.04. The molecule has 1 fully saturated rings. The predicted octanol–water partition coefficient (Wildman–Crippen LogP) is 4.28. The molecule has 0 spiro atoms. The summed E-state index contributed by atoms with van der Waals surface area (Å²) in [6, 6.07) is 0. The summed E-state index contributed by atoms with van der Waals surface area (Å²) >= 11 is 0. The van der Waals surface area contributed by atoms with Gasteiger partial charge in [-0.15, -0.1) is 0 Å². The number of ketones is 1. The lowest BCUT2D eigenvalue weighted by Crippen LogP contribution is -2.39. The molecule has 1 aliphatic carbocycles. The van der Waals surface area contributed by atoms with Crippen molar-refractivity contribution < 1.29 is 4.79 Å². The molecule has 2 nitrogen and oxygen atoms in total. The van der Waals surface area contributed by atoms with Gasteiger partial charge in [0.2, 0.25) is 0 Å². The zero-order chi connectivity index (χ0) is 14.3.